The molecule has 0 spiro atoms. The minimum Gasteiger partial charge on any atom is -0.494 e. The highest BCUT2D eigenvalue weighted by Gasteiger charge is 2.48. The standard InChI is InChI=1S/C25H30O6/c1-2-3-4-5-14-28-20-12-10-18(11-13-20)17-6-8-19(9-7-17)25(27)31-22-16-30-23-21(26)15-29-24(22)23/h6-13,21-24,26H,2-5,14-16H2,1H3/t21-,22?,23+,24?/m0/s1. The largest absolute Gasteiger partial charge is 0.494 e. The highest BCUT2D eigenvalue weighted by Crippen LogP contribution is 2.29. The predicted molar refractivity (Wildman–Crippen MR) is 116 cm³/mol. The average molecular weight is 427 g/mol. The third-order valence-corrected chi connectivity index (χ3v) is 5.82. The van der Waals surface area contributed by atoms with Gasteiger partial charge in [-0.25, -0.2) is 4.79 Å². The molecule has 166 valence electrons. The first-order valence-electron chi connectivity index (χ1n) is 11.1. The number of carbonyl (C=O) groups excluding carboxylic acids is 1. The lowest BCUT2D eigenvalue weighted by atomic mass is 10.0. The van der Waals surface area contributed by atoms with E-state index >= 15 is 0 Å². The van der Waals surface area contributed by atoms with Crippen molar-refractivity contribution in [2.45, 2.75) is 57.0 Å². The van der Waals surface area contributed by atoms with Gasteiger partial charge in [0.2, 0.25) is 0 Å². The van der Waals surface area contributed by atoms with Gasteiger partial charge in [-0.2, -0.15) is 0 Å². The lowest BCUT2D eigenvalue weighted by molar-refractivity contribution is -0.0209. The summed E-state index contributed by atoms with van der Waals surface area (Å²) in [5.41, 5.74) is 2.54. The van der Waals surface area contributed by atoms with Crippen molar-refractivity contribution in [3.63, 3.8) is 0 Å². The van der Waals surface area contributed by atoms with E-state index in [1.54, 1.807) is 12.1 Å². The zero-order valence-electron chi connectivity index (χ0n) is 17.9. The number of ether oxygens (including phenoxy) is 4. The molecule has 0 aromatic heterocycles. The first-order chi connectivity index (χ1) is 15.2. The lowest BCUT2D eigenvalue weighted by Crippen LogP contribution is -2.34. The Morgan fingerprint density at radius 1 is 0.935 bits per heavy atom. The minimum atomic E-state index is -0.661. The fourth-order valence-electron chi connectivity index (χ4n) is 4.01. The van der Waals surface area contributed by atoms with Gasteiger partial charge in [-0.3, -0.25) is 0 Å². The van der Waals surface area contributed by atoms with E-state index in [0.29, 0.717) is 5.56 Å². The van der Waals surface area contributed by atoms with E-state index in [4.69, 9.17) is 18.9 Å². The average Bonchev–Trinajstić information content (AvgIpc) is 3.37. The van der Waals surface area contributed by atoms with Crippen molar-refractivity contribution < 1.29 is 28.8 Å². The zero-order valence-corrected chi connectivity index (χ0v) is 17.9. The van der Waals surface area contributed by atoms with Crippen LogP contribution in [0.4, 0.5) is 0 Å². The summed E-state index contributed by atoms with van der Waals surface area (Å²) in [4.78, 5) is 12.5. The molecule has 31 heavy (non-hydrogen) atoms. The molecule has 2 unspecified atom stereocenters. The smallest absolute Gasteiger partial charge is 0.338 e. The van der Waals surface area contributed by atoms with Crippen LogP contribution in [-0.2, 0) is 14.2 Å². The van der Waals surface area contributed by atoms with Crippen LogP contribution in [0.3, 0.4) is 0 Å². The van der Waals surface area contributed by atoms with Gasteiger partial charge < -0.3 is 24.1 Å². The van der Waals surface area contributed by atoms with Gasteiger partial charge in [0, 0.05) is 0 Å². The van der Waals surface area contributed by atoms with E-state index < -0.39 is 30.4 Å². The Morgan fingerprint density at radius 2 is 1.61 bits per heavy atom. The fraction of sp³-hybridized carbons (Fsp3) is 0.480. The van der Waals surface area contributed by atoms with Crippen LogP contribution >= 0.6 is 0 Å². The van der Waals surface area contributed by atoms with Crippen LogP contribution in [0.15, 0.2) is 48.5 Å². The summed E-state index contributed by atoms with van der Waals surface area (Å²) < 4.78 is 22.4. The Kier molecular flexibility index (Phi) is 7.22. The Bertz CT molecular complexity index is 847. The van der Waals surface area contributed by atoms with Gasteiger partial charge in [-0.15, -0.1) is 0 Å². The number of benzene rings is 2. The summed E-state index contributed by atoms with van der Waals surface area (Å²) in [6, 6.07) is 15.3. The van der Waals surface area contributed by atoms with E-state index in [-0.39, 0.29) is 13.2 Å². The van der Waals surface area contributed by atoms with E-state index in [1.165, 1.54) is 19.3 Å². The molecule has 0 saturated carbocycles. The molecular weight excluding hydrogens is 396 g/mol. The Morgan fingerprint density at radius 3 is 2.32 bits per heavy atom. The van der Waals surface area contributed by atoms with Gasteiger partial charge in [-0.1, -0.05) is 50.5 Å². The van der Waals surface area contributed by atoms with E-state index in [0.717, 1.165) is 29.9 Å². The summed E-state index contributed by atoms with van der Waals surface area (Å²) in [6.45, 7) is 3.39. The van der Waals surface area contributed by atoms with Gasteiger partial charge in [0.1, 0.15) is 24.1 Å². The third-order valence-electron chi connectivity index (χ3n) is 5.82. The van der Waals surface area contributed by atoms with Crippen molar-refractivity contribution in [1.82, 2.24) is 0 Å². The molecule has 2 aromatic rings. The fourth-order valence-corrected chi connectivity index (χ4v) is 4.01. The summed E-state index contributed by atoms with van der Waals surface area (Å²) in [5, 5.41) is 9.80. The quantitative estimate of drug-likeness (QED) is 0.483. The minimum absolute atomic E-state index is 0.209. The number of fused-ring (bicyclic) bond motifs is 1. The number of rotatable bonds is 9. The molecule has 4 atom stereocenters. The normalized spacial score (nSPS) is 24.7. The van der Waals surface area contributed by atoms with E-state index in [9.17, 15) is 9.90 Å². The molecule has 2 aliphatic heterocycles. The molecule has 2 fully saturated rings. The molecule has 2 aromatic carbocycles. The summed E-state index contributed by atoms with van der Waals surface area (Å²) >= 11 is 0. The maximum atomic E-state index is 12.5. The molecule has 2 heterocycles. The van der Waals surface area contributed by atoms with E-state index in [1.807, 2.05) is 36.4 Å². The van der Waals surface area contributed by atoms with Crippen molar-refractivity contribution >= 4 is 5.97 Å². The van der Waals surface area contributed by atoms with Gasteiger partial charge in [-0.05, 0) is 41.8 Å². The van der Waals surface area contributed by atoms with Crippen LogP contribution in [0.5, 0.6) is 5.75 Å². The molecule has 6 heteroatoms. The maximum Gasteiger partial charge on any atom is 0.338 e. The van der Waals surface area contributed by atoms with Crippen LogP contribution in [0.1, 0.15) is 43.0 Å². The van der Waals surface area contributed by atoms with Crippen LogP contribution in [0.25, 0.3) is 11.1 Å². The Labute approximate surface area is 183 Å². The van der Waals surface area contributed by atoms with Gasteiger partial charge >= 0.3 is 5.97 Å². The molecule has 6 nitrogen and oxygen atoms in total. The SMILES string of the molecule is CCCCCCOc1ccc(-c2ccc(C(=O)OC3CO[C@H]4C3OC[C@@H]4O)cc2)cc1. The van der Waals surface area contributed by atoms with Crippen molar-refractivity contribution in [1.29, 1.82) is 0 Å². The first kappa shape index (κ1) is 21.8. The van der Waals surface area contributed by atoms with Crippen molar-refractivity contribution in [2.75, 3.05) is 19.8 Å². The topological polar surface area (TPSA) is 74.2 Å². The summed E-state index contributed by atoms with van der Waals surface area (Å²) in [6.07, 6.45) is 2.78. The second-order valence-electron chi connectivity index (χ2n) is 8.12. The highest BCUT2D eigenvalue weighted by atomic mass is 16.6. The maximum absolute atomic E-state index is 12.5. The number of aliphatic hydroxyl groups is 1. The number of hydrogen-bond donors (Lipinski definition) is 1. The second kappa shape index (κ2) is 10.3. The second-order valence-corrected chi connectivity index (χ2v) is 8.12. The van der Waals surface area contributed by atoms with Crippen LogP contribution in [0.2, 0.25) is 0 Å². The zero-order chi connectivity index (χ0) is 21.6. The third kappa shape index (κ3) is 5.26. The predicted octanol–water partition coefficient (Wildman–Crippen LogP) is 4.00. The highest BCUT2D eigenvalue weighted by molar-refractivity contribution is 5.90. The molecule has 0 bridgehead atoms. The Balaban J connectivity index is 1.30. The first-order valence-corrected chi connectivity index (χ1v) is 11.1. The monoisotopic (exact) mass is 426 g/mol. The lowest BCUT2D eigenvalue weighted by Gasteiger charge is -2.16. The molecule has 0 radical (unpaired) electrons. The van der Waals surface area contributed by atoms with Crippen molar-refractivity contribution in [3.05, 3.63) is 54.1 Å². The van der Waals surface area contributed by atoms with Crippen molar-refractivity contribution in [2.24, 2.45) is 0 Å². The number of esters is 1. The van der Waals surface area contributed by atoms with Crippen molar-refractivity contribution in [3.8, 4) is 16.9 Å². The van der Waals surface area contributed by atoms with Crippen LogP contribution < -0.4 is 4.74 Å². The number of unbranched alkanes of at least 4 members (excludes halogenated alkanes) is 3. The van der Waals surface area contributed by atoms with E-state index in [2.05, 4.69) is 6.92 Å². The number of hydrogen-bond acceptors (Lipinski definition) is 6. The summed E-state index contributed by atoms with van der Waals surface area (Å²) in [5.74, 6) is 0.453. The molecule has 4 rings (SSSR count). The number of carbonyl (C=O) groups is 1. The molecule has 0 amide bonds. The van der Waals surface area contributed by atoms with Gasteiger partial charge in [0.25, 0.3) is 0 Å². The molecule has 0 aliphatic carbocycles. The van der Waals surface area contributed by atoms with Crippen LogP contribution in [0, 0.1) is 0 Å². The molecule has 2 aliphatic rings. The Hall–Kier alpha value is -2.41. The number of aliphatic hydroxyl groups excluding tert-OH is 1. The molecular formula is C25H30O6. The van der Waals surface area contributed by atoms with Gasteiger partial charge in [0.15, 0.2) is 6.10 Å². The van der Waals surface area contributed by atoms with Crippen LogP contribution in [-0.4, -0.2) is 55.3 Å². The molecule has 1 N–H and O–H groups in total. The molecule has 2 saturated heterocycles. The van der Waals surface area contributed by atoms with Gasteiger partial charge in [0.05, 0.1) is 25.4 Å². The summed E-state index contributed by atoms with van der Waals surface area (Å²) in [7, 11) is 0.